The number of carbonyl (C=O) groups excluding carboxylic acids is 1. The molecule has 0 amide bonds. The van der Waals surface area contributed by atoms with Crippen LogP contribution >= 0.6 is 0 Å². The van der Waals surface area contributed by atoms with Crippen molar-refractivity contribution in [2.45, 2.75) is 6.04 Å². The molecule has 6 nitrogen and oxygen atoms in total. The summed E-state index contributed by atoms with van der Waals surface area (Å²) >= 11 is 0. The molecule has 0 aliphatic rings. The summed E-state index contributed by atoms with van der Waals surface area (Å²) < 4.78 is 21.9. The summed E-state index contributed by atoms with van der Waals surface area (Å²) in [6.07, 6.45) is 0. The molecule has 0 spiro atoms. The maximum Gasteiger partial charge on any atom is 0.162 e. The zero-order valence-electron chi connectivity index (χ0n) is 6.65. The van der Waals surface area contributed by atoms with Gasteiger partial charge in [0.05, 0.1) is 12.3 Å². The molecule has 0 fully saturated rings. The van der Waals surface area contributed by atoms with Crippen LogP contribution in [-0.2, 0) is 14.6 Å². The molecular formula is C5H13N2O4S+. The number of carboxylic acids is 1. The summed E-state index contributed by atoms with van der Waals surface area (Å²) in [5.74, 6) is -2.01. The van der Waals surface area contributed by atoms with Crippen molar-refractivity contribution in [1.29, 1.82) is 0 Å². The van der Waals surface area contributed by atoms with Crippen LogP contribution in [0, 0.1) is 0 Å². The summed E-state index contributed by atoms with van der Waals surface area (Å²) in [5.41, 5.74) is 6.50. The molecule has 0 aromatic carbocycles. The van der Waals surface area contributed by atoms with Gasteiger partial charge in [-0.3, -0.25) is 0 Å². The van der Waals surface area contributed by atoms with Gasteiger partial charge in [0.15, 0.2) is 9.84 Å². The SMILES string of the molecule is [NH3+]CCS(=O)(=O)C[C@H]([NH3+])C(=O)[O-]. The fourth-order valence-corrected chi connectivity index (χ4v) is 2.03. The Morgan fingerprint density at radius 3 is 2.33 bits per heavy atom. The molecule has 12 heavy (non-hydrogen) atoms. The van der Waals surface area contributed by atoms with Crippen LogP contribution < -0.4 is 16.6 Å². The summed E-state index contributed by atoms with van der Waals surface area (Å²) in [5, 5.41) is 10.1. The molecule has 0 aromatic rings. The van der Waals surface area contributed by atoms with Crippen LogP contribution in [-0.4, -0.2) is 38.5 Å². The third-order valence-electron chi connectivity index (χ3n) is 1.24. The van der Waals surface area contributed by atoms with Crippen LogP contribution in [0.2, 0.25) is 0 Å². The molecule has 0 aliphatic carbocycles. The lowest BCUT2D eigenvalue weighted by molar-refractivity contribution is -0.431. The van der Waals surface area contributed by atoms with Crippen LogP contribution in [0.3, 0.4) is 0 Å². The van der Waals surface area contributed by atoms with Crippen molar-refractivity contribution in [1.82, 2.24) is 0 Å². The van der Waals surface area contributed by atoms with Gasteiger partial charge < -0.3 is 21.4 Å². The fraction of sp³-hybridized carbons (Fsp3) is 0.800. The predicted molar refractivity (Wildman–Crippen MR) is 38.1 cm³/mol. The number of quaternary nitrogens is 2. The minimum atomic E-state index is -3.32. The van der Waals surface area contributed by atoms with Crippen LogP contribution in [0.4, 0.5) is 0 Å². The second-order valence-electron chi connectivity index (χ2n) is 2.48. The van der Waals surface area contributed by atoms with Crippen molar-refractivity contribution >= 4 is 15.8 Å². The Morgan fingerprint density at radius 2 is 2.00 bits per heavy atom. The average molecular weight is 197 g/mol. The summed E-state index contributed by atoms with van der Waals surface area (Å²) in [7, 11) is -3.32. The topological polar surface area (TPSA) is 130 Å². The Balaban J connectivity index is 4.16. The van der Waals surface area contributed by atoms with Gasteiger partial charge in [0.2, 0.25) is 0 Å². The zero-order chi connectivity index (χ0) is 9.78. The van der Waals surface area contributed by atoms with Crippen LogP contribution in [0.1, 0.15) is 0 Å². The van der Waals surface area contributed by atoms with Gasteiger partial charge in [-0.15, -0.1) is 0 Å². The summed E-state index contributed by atoms with van der Waals surface area (Å²) in [6.45, 7) is 0.238. The van der Waals surface area contributed by atoms with Crippen molar-refractivity contribution in [3.05, 3.63) is 0 Å². The molecule has 6 N–H and O–H groups in total. The van der Waals surface area contributed by atoms with Gasteiger partial charge in [-0.25, -0.2) is 8.42 Å². The van der Waals surface area contributed by atoms with E-state index in [9.17, 15) is 18.3 Å². The van der Waals surface area contributed by atoms with E-state index in [1.807, 2.05) is 0 Å². The standard InChI is InChI=1S/C5H12N2O4S/c6-1-2-12(10,11)3-4(7)5(8)9/h4H,1-3,6-7H2,(H,8,9)/p+1/t4-/m0/s1. The highest BCUT2D eigenvalue weighted by molar-refractivity contribution is 7.91. The van der Waals surface area contributed by atoms with Gasteiger partial charge >= 0.3 is 0 Å². The Hall–Kier alpha value is -0.660. The van der Waals surface area contributed by atoms with E-state index in [4.69, 9.17) is 0 Å². The van der Waals surface area contributed by atoms with Gasteiger partial charge in [0.25, 0.3) is 0 Å². The largest absolute Gasteiger partial charge is 0.544 e. The van der Waals surface area contributed by atoms with Crippen molar-refractivity contribution < 1.29 is 29.8 Å². The number of hydrogen-bond donors (Lipinski definition) is 2. The first-order valence-electron chi connectivity index (χ1n) is 3.42. The van der Waals surface area contributed by atoms with Crippen molar-refractivity contribution in [2.75, 3.05) is 18.1 Å². The van der Waals surface area contributed by atoms with Gasteiger partial charge in [0, 0.05) is 0 Å². The van der Waals surface area contributed by atoms with Crippen molar-refractivity contribution in [3.8, 4) is 0 Å². The van der Waals surface area contributed by atoms with Crippen molar-refractivity contribution in [3.63, 3.8) is 0 Å². The Kier molecular flexibility index (Phi) is 4.15. The Labute approximate surface area is 70.5 Å². The molecule has 0 saturated heterocycles. The number of rotatable bonds is 5. The van der Waals surface area contributed by atoms with E-state index >= 15 is 0 Å². The average Bonchev–Trinajstić information content (AvgIpc) is 1.85. The highest BCUT2D eigenvalue weighted by Gasteiger charge is 2.19. The number of carbonyl (C=O) groups is 1. The predicted octanol–water partition coefficient (Wildman–Crippen LogP) is -5.00. The molecule has 0 heterocycles. The third-order valence-corrected chi connectivity index (χ3v) is 3.06. The second kappa shape index (κ2) is 4.39. The highest BCUT2D eigenvalue weighted by atomic mass is 32.2. The smallest absolute Gasteiger partial charge is 0.162 e. The summed E-state index contributed by atoms with van der Waals surface area (Å²) in [6, 6.07) is -1.19. The summed E-state index contributed by atoms with van der Waals surface area (Å²) in [4.78, 5) is 10.1. The quantitative estimate of drug-likeness (QED) is 0.457. The number of hydrogen-bond acceptors (Lipinski definition) is 4. The van der Waals surface area contributed by atoms with Gasteiger partial charge in [0.1, 0.15) is 17.8 Å². The fourth-order valence-electron chi connectivity index (χ4n) is 0.678. The van der Waals surface area contributed by atoms with Gasteiger partial charge in [-0.2, -0.15) is 0 Å². The Bertz CT molecular complexity index is 248. The molecule has 0 rings (SSSR count). The van der Waals surface area contributed by atoms with Gasteiger partial charge in [-0.1, -0.05) is 0 Å². The van der Waals surface area contributed by atoms with Crippen LogP contribution in [0.25, 0.3) is 0 Å². The monoisotopic (exact) mass is 197 g/mol. The van der Waals surface area contributed by atoms with E-state index in [1.165, 1.54) is 0 Å². The lowest BCUT2D eigenvalue weighted by Crippen LogP contribution is -2.71. The minimum absolute atomic E-state index is 0.105. The maximum absolute atomic E-state index is 11.0. The highest BCUT2D eigenvalue weighted by Crippen LogP contribution is 1.89. The molecule has 7 heteroatoms. The first kappa shape index (κ1) is 11.3. The third kappa shape index (κ3) is 4.27. The van der Waals surface area contributed by atoms with E-state index in [1.54, 1.807) is 0 Å². The molecule has 72 valence electrons. The Morgan fingerprint density at radius 1 is 1.50 bits per heavy atom. The first-order chi connectivity index (χ1) is 5.39. The lowest BCUT2D eigenvalue weighted by Gasteiger charge is -2.08. The first-order valence-corrected chi connectivity index (χ1v) is 5.25. The second-order valence-corrected chi connectivity index (χ2v) is 4.71. The molecular weight excluding hydrogens is 184 g/mol. The molecule has 0 bridgehead atoms. The number of aliphatic carboxylic acids is 1. The molecule has 1 atom stereocenters. The minimum Gasteiger partial charge on any atom is -0.544 e. The number of sulfone groups is 1. The van der Waals surface area contributed by atoms with E-state index in [0.717, 1.165) is 0 Å². The zero-order valence-corrected chi connectivity index (χ0v) is 7.47. The lowest BCUT2D eigenvalue weighted by atomic mass is 10.4. The molecule has 0 saturated carbocycles. The van der Waals surface area contributed by atoms with E-state index < -0.39 is 27.6 Å². The van der Waals surface area contributed by atoms with Crippen molar-refractivity contribution in [2.24, 2.45) is 0 Å². The van der Waals surface area contributed by atoms with E-state index in [-0.39, 0.29) is 12.3 Å². The van der Waals surface area contributed by atoms with E-state index in [2.05, 4.69) is 11.5 Å². The van der Waals surface area contributed by atoms with Gasteiger partial charge in [-0.05, 0) is 0 Å². The van der Waals surface area contributed by atoms with Crippen LogP contribution in [0.15, 0.2) is 0 Å². The maximum atomic E-state index is 11.0. The molecule has 0 radical (unpaired) electrons. The molecule has 0 unspecified atom stereocenters. The van der Waals surface area contributed by atoms with E-state index in [0.29, 0.717) is 0 Å². The number of carboxylic acid groups (broad SMARTS) is 1. The van der Waals surface area contributed by atoms with Crippen LogP contribution in [0.5, 0.6) is 0 Å². The molecule has 0 aromatic heterocycles. The normalized spacial score (nSPS) is 14.2. The molecule has 0 aliphatic heterocycles.